The summed E-state index contributed by atoms with van der Waals surface area (Å²) in [5, 5.41) is 0. The Kier molecular flexibility index (Phi) is 4.49. The third kappa shape index (κ3) is 2.63. The van der Waals surface area contributed by atoms with Gasteiger partial charge < -0.3 is 9.64 Å². The molecule has 1 saturated heterocycles. The van der Waals surface area contributed by atoms with Gasteiger partial charge in [-0.15, -0.1) is 6.58 Å². The monoisotopic (exact) mass is 328 g/mol. The minimum absolute atomic E-state index is 0.236. The van der Waals surface area contributed by atoms with Crippen molar-refractivity contribution in [1.29, 1.82) is 0 Å². The maximum atomic E-state index is 13.0. The number of benzene rings is 1. The zero-order chi connectivity index (χ0) is 17.3. The van der Waals surface area contributed by atoms with Crippen LogP contribution in [0.25, 0.3) is 0 Å². The van der Waals surface area contributed by atoms with E-state index in [9.17, 15) is 14.4 Å². The molecule has 0 spiro atoms. The van der Waals surface area contributed by atoms with Gasteiger partial charge in [0, 0.05) is 19.0 Å². The van der Waals surface area contributed by atoms with Crippen LogP contribution < -0.4 is 0 Å². The molecule has 126 valence electrons. The molecule has 1 fully saturated rings. The highest BCUT2D eigenvalue weighted by atomic mass is 16.5. The number of fused-ring (bicyclic) bond motifs is 1. The fraction of sp³-hybridized carbons (Fsp3) is 0.389. The van der Waals surface area contributed by atoms with Crippen molar-refractivity contribution >= 4 is 17.7 Å². The lowest BCUT2D eigenvalue weighted by molar-refractivity contribution is -0.140. The second kappa shape index (κ2) is 6.57. The number of carbonyl (C=O) groups excluding carboxylic acids is 3. The van der Waals surface area contributed by atoms with Gasteiger partial charge in [0.05, 0.1) is 24.3 Å². The highest BCUT2D eigenvalue weighted by Gasteiger charge is 2.45. The van der Waals surface area contributed by atoms with Crippen molar-refractivity contribution in [3.63, 3.8) is 0 Å². The van der Waals surface area contributed by atoms with Crippen LogP contribution in [0.2, 0.25) is 0 Å². The largest absolute Gasteiger partial charge is 0.378 e. The predicted octanol–water partition coefficient (Wildman–Crippen LogP) is 1.33. The summed E-state index contributed by atoms with van der Waals surface area (Å²) in [6, 6.07) is 5.77. The van der Waals surface area contributed by atoms with E-state index in [1.807, 2.05) is 0 Å². The number of amides is 3. The molecular weight excluding hydrogens is 308 g/mol. The SMILES string of the molecule is C=C[C@@H](C)[C@H](C(=O)N1CCOCC1)N1C(=O)c2ccccc2C1=O. The Morgan fingerprint density at radius 1 is 1.17 bits per heavy atom. The summed E-state index contributed by atoms with van der Waals surface area (Å²) in [4.78, 5) is 41.2. The summed E-state index contributed by atoms with van der Waals surface area (Å²) in [7, 11) is 0. The standard InChI is InChI=1S/C18H20N2O4/c1-3-12(2)15(18(23)19-8-10-24-11-9-19)20-16(21)13-6-4-5-7-14(13)17(20)22/h3-7,12,15H,1,8-11H2,2H3/t12-,15-/m1/s1. The van der Waals surface area contributed by atoms with Crippen molar-refractivity contribution in [2.45, 2.75) is 13.0 Å². The van der Waals surface area contributed by atoms with Gasteiger partial charge in [-0.05, 0) is 12.1 Å². The van der Waals surface area contributed by atoms with E-state index in [1.54, 1.807) is 42.2 Å². The molecule has 6 heteroatoms. The Morgan fingerprint density at radius 2 is 1.71 bits per heavy atom. The van der Waals surface area contributed by atoms with E-state index in [1.165, 1.54) is 0 Å². The number of carbonyl (C=O) groups is 3. The van der Waals surface area contributed by atoms with Crippen LogP contribution in [-0.4, -0.2) is 59.9 Å². The van der Waals surface area contributed by atoms with E-state index in [4.69, 9.17) is 4.74 Å². The molecule has 0 bridgehead atoms. The Bertz CT molecular complexity index is 659. The smallest absolute Gasteiger partial charge is 0.262 e. The van der Waals surface area contributed by atoms with E-state index in [-0.39, 0.29) is 11.8 Å². The van der Waals surface area contributed by atoms with Crippen LogP contribution >= 0.6 is 0 Å². The Labute approximate surface area is 140 Å². The third-order valence-corrected chi connectivity index (χ3v) is 4.55. The van der Waals surface area contributed by atoms with Crippen molar-refractivity contribution in [3.8, 4) is 0 Å². The lowest BCUT2D eigenvalue weighted by Crippen LogP contribution is -2.55. The highest BCUT2D eigenvalue weighted by molar-refractivity contribution is 6.22. The Morgan fingerprint density at radius 3 is 2.21 bits per heavy atom. The highest BCUT2D eigenvalue weighted by Crippen LogP contribution is 2.28. The van der Waals surface area contributed by atoms with Gasteiger partial charge in [0.15, 0.2) is 0 Å². The molecule has 24 heavy (non-hydrogen) atoms. The molecule has 0 N–H and O–H groups in total. The molecule has 2 atom stereocenters. The van der Waals surface area contributed by atoms with Crippen LogP contribution in [0.1, 0.15) is 27.6 Å². The molecule has 2 aliphatic rings. The first-order chi connectivity index (χ1) is 11.6. The Hall–Kier alpha value is -2.47. The van der Waals surface area contributed by atoms with Crippen LogP contribution in [0.5, 0.6) is 0 Å². The quantitative estimate of drug-likeness (QED) is 0.618. The molecule has 3 rings (SSSR count). The van der Waals surface area contributed by atoms with E-state index in [0.29, 0.717) is 37.4 Å². The summed E-state index contributed by atoms with van der Waals surface area (Å²) >= 11 is 0. The summed E-state index contributed by atoms with van der Waals surface area (Å²) in [6.07, 6.45) is 1.60. The lowest BCUT2D eigenvalue weighted by atomic mass is 9.98. The number of rotatable bonds is 4. The van der Waals surface area contributed by atoms with Crippen LogP contribution in [0, 0.1) is 5.92 Å². The van der Waals surface area contributed by atoms with Crippen molar-refractivity contribution in [2.75, 3.05) is 26.3 Å². The molecule has 0 aromatic heterocycles. The average Bonchev–Trinajstić information content (AvgIpc) is 2.88. The first-order valence-electron chi connectivity index (χ1n) is 8.02. The topological polar surface area (TPSA) is 66.9 Å². The number of hydrogen-bond donors (Lipinski definition) is 0. The molecule has 0 unspecified atom stereocenters. The first-order valence-corrected chi connectivity index (χ1v) is 8.02. The summed E-state index contributed by atoms with van der Waals surface area (Å²) in [6.45, 7) is 7.37. The van der Waals surface area contributed by atoms with Gasteiger partial charge in [-0.25, -0.2) is 0 Å². The van der Waals surface area contributed by atoms with Gasteiger partial charge in [0.25, 0.3) is 11.8 Å². The van der Waals surface area contributed by atoms with Crippen molar-refractivity contribution in [1.82, 2.24) is 9.80 Å². The van der Waals surface area contributed by atoms with E-state index in [2.05, 4.69) is 6.58 Å². The van der Waals surface area contributed by atoms with E-state index in [0.717, 1.165) is 4.90 Å². The third-order valence-electron chi connectivity index (χ3n) is 4.55. The molecular formula is C18H20N2O4. The lowest BCUT2D eigenvalue weighted by Gasteiger charge is -2.35. The molecule has 0 saturated carbocycles. The summed E-state index contributed by atoms with van der Waals surface area (Å²) in [5.41, 5.74) is 0.692. The Balaban J connectivity index is 1.95. The van der Waals surface area contributed by atoms with Gasteiger partial charge in [-0.3, -0.25) is 19.3 Å². The van der Waals surface area contributed by atoms with Crippen LogP contribution in [0.15, 0.2) is 36.9 Å². The van der Waals surface area contributed by atoms with Gasteiger partial charge in [-0.2, -0.15) is 0 Å². The molecule has 0 radical (unpaired) electrons. The molecule has 1 aromatic rings. The van der Waals surface area contributed by atoms with Gasteiger partial charge in [0.1, 0.15) is 6.04 Å². The zero-order valence-electron chi connectivity index (χ0n) is 13.6. The molecule has 0 aliphatic carbocycles. The fourth-order valence-electron chi connectivity index (χ4n) is 3.13. The van der Waals surface area contributed by atoms with Crippen molar-refractivity contribution < 1.29 is 19.1 Å². The number of ether oxygens (including phenoxy) is 1. The van der Waals surface area contributed by atoms with Crippen molar-refractivity contribution in [2.24, 2.45) is 5.92 Å². The van der Waals surface area contributed by atoms with Crippen LogP contribution in [-0.2, 0) is 9.53 Å². The molecule has 6 nitrogen and oxygen atoms in total. The maximum absolute atomic E-state index is 13.0. The van der Waals surface area contributed by atoms with Crippen LogP contribution in [0.3, 0.4) is 0 Å². The average molecular weight is 328 g/mol. The number of hydrogen-bond acceptors (Lipinski definition) is 4. The predicted molar refractivity (Wildman–Crippen MR) is 87.5 cm³/mol. The number of morpholine rings is 1. The fourth-order valence-corrected chi connectivity index (χ4v) is 3.13. The van der Waals surface area contributed by atoms with Gasteiger partial charge >= 0.3 is 0 Å². The molecule has 2 aliphatic heterocycles. The normalized spacial score (nSPS) is 19.9. The van der Waals surface area contributed by atoms with Crippen molar-refractivity contribution in [3.05, 3.63) is 48.0 Å². The van der Waals surface area contributed by atoms with E-state index >= 15 is 0 Å². The second-order valence-corrected chi connectivity index (χ2v) is 6.00. The molecule has 2 heterocycles. The van der Waals surface area contributed by atoms with E-state index < -0.39 is 17.9 Å². The number of nitrogens with zero attached hydrogens (tertiary/aromatic N) is 2. The van der Waals surface area contributed by atoms with Crippen LogP contribution in [0.4, 0.5) is 0 Å². The maximum Gasteiger partial charge on any atom is 0.262 e. The summed E-state index contributed by atoms with van der Waals surface area (Å²) < 4.78 is 5.27. The first kappa shape index (κ1) is 16.4. The van der Waals surface area contributed by atoms with Gasteiger partial charge in [0.2, 0.25) is 5.91 Å². The molecule has 1 aromatic carbocycles. The molecule has 3 amide bonds. The minimum Gasteiger partial charge on any atom is -0.378 e. The minimum atomic E-state index is -0.881. The second-order valence-electron chi connectivity index (χ2n) is 6.00. The number of imide groups is 1. The summed E-state index contributed by atoms with van der Waals surface area (Å²) in [5.74, 6) is -1.42. The zero-order valence-corrected chi connectivity index (χ0v) is 13.6. The van der Waals surface area contributed by atoms with Gasteiger partial charge in [-0.1, -0.05) is 25.1 Å².